The first kappa shape index (κ1) is 18.4. The van der Waals surface area contributed by atoms with Crippen LogP contribution >= 0.6 is 11.8 Å². The average Bonchev–Trinajstić information content (AvgIpc) is 3.30. The number of aromatic nitrogens is 2. The van der Waals surface area contributed by atoms with E-state index >= 15 is 0 Å². The fraction of sp³-hybridized carbons (Fsp3) is 0.118. The number of rotatable bonds is 7. The second-order valence-corrected chi connectivity index (χ2v) is 6.20. The number of aryl methyl sites for hydroxylation is 1. The van der Waals surface area contributed by atoms with Crippen molar-refractivity contribution in [2.45, 2.75) is 18.6 Å². The van der Waals surface area contributed by atoms with E-state index in [1.54, 1.807) is 24.3 Å². The molecule has 0 radical (unpaired) electrons. The number of aliphatic carboxylic acids is 1. The van der Waals surface area contributed by atoms with E-state index in [1.807, 2.05) is 6.92 Å². The third-order valence-corrected chi connectivity index (χ3v) is 4.28. The average molecular weight is 387 g/mol. The largest absolute Gasteiger partial charge is 0.477 e. The number of nitro benzene ring substituents is 1. The molecule has 0 aliphatic heterocycles. The van der Waals surface area contributed by atoms with Gasteiger partial charge in [0.15, 0.2) is 0 Å². The van der Waals surface area contributed by atoms with Crippen LogP contribution in [0, 0.1) is 10.1 Å². The number of benzene rings is 1. The van der Waals surface area contributed by atoms with Gasteiger partial charge < -0.3 is 13.9 Å². The Hall–Kier alpha value is -3.40. The summed E-state index contributed by atoms with van der Waals surface area (Å²) in [5.41, 5.74) is 0.198. The van der Waals surface area contributed by atoms with Gasteiger partial charge in [0.25, 0.3) is 10.9 Å². The van der Waals surface area contributed by atoms with Crippen LogP contribution in [0.5, 0.6) is 0 Å². The van der Waals surface area contributed by atoms with Crippen LogP contribution in [0.2, 0.25) is 0 Å². The van der Waals surface area contributed by atoms with Crippen LogP contribution in [0.3, 0.4) is 0 Å². The van der Waals surface area contributed by atoms with Crippen molar-refractivity contribution in [2.24, 2.45) is 0 Å². The van der Waals surface area contributed by atoms with Crippen molar-refractivity contribution in [1.82, 2.24) is 10.2 Å². The molecular formula is C17H13N3O6S. The zero-order chi connectivity index (χ0) is 19.4. The molecule has 0 aliphatic rings. The lowest BCUT2D eigenvalue weighted by atomic mass is 10.1. The van der Waals surface area contributed by atoms with Crippen LogP contribution in [0.15, 0.2) is 55.4 Å². The van der Waals surface area contributed by atoms with E-state index in [-0.39, 0.29) is 27.3 Å². The third kappa shape index (κ3) is 4.23. The van der Waals surface area contributed by atoms with Crippen molar-refractivity contribution in [3.05, 3.63) is 63.1 Å². The highest BCUT2D eigenvalue weighted by atomic mass is 32.2. The molecular weight excluding hydrogens is 374 g/mol. The normalized spacial score (nSPS) is 11.5. The second kappa shape index (κ2) is 7.87. The summed E-state index contributed by atoms with van der Waals surface area (Å²) < 4.78 is 10.9. The maximum absolute atomic E-state index is 11.5. The summed E-state index contributed by atoms with van der Waals surface area (Å²) in [7, 11) is 0. The Kier molecular flexibility index (Phi) is 5.36. The Bertz CT molecular complexity index is 1020. The van der Waals surface area contributed by atoms with E-state index in [0.29, 0.717) is 17.9 Å². The summed E-state index contributed by atoms with van der Waals surface area (Å²) in [6, 6.07) is 9.20. The van der Waals surface area contributed by atoms with Gasteiger partial charge in [0.05, 0.1) is 10.5 Å². The predicted octanol–water partition coefficient (Wildman–Crippen LogP) is 4.02. The number of hydrogen-bond acceptors (Lipinski definition) is 8. The number of carbonyl (C=O) groups is 1. The van der Waals surface area contributed by atoms with Crippen molar-refractivity contribution in [2.75, 3.05) is 0 Å². The quantitative estimate of drug-likeness (QED) is 0.276. The lowest BCUT2D eigenvalue weighted by Gasteiger charge is -1.99. The summed E-state index contributed by atoms with van der Waals surface area (Å²) in [5, 5.41) is 28.2. The van der Waals surface area contributed by atoms with Crippen LogP contribution in [0.4, 0.5) is 5.69 Å². The highest BCUT2D eigenvalue weighted by Crippen LogP contribution is 2.33. The Morgan fingerprint density at radius 1 is 1.26 bits per heavy atom. The number of carboxylic acid groups (broad SMARTS) is 1. The molecule has 2 aromatic heterocycles. The lowest BCUT2D eigenvalue weighted by Crippen LogP contribution is -1.96. The lowest BCUT2D eigenvalue weighted by molar-refractivity contribution is -0.384. The van der Waals surface area contributed by atoms with E-state index in [2.05, 4.69) is 10.2 Å². The van der Waals surface area contributed by atoms with Crippen molar-refractivity contribution in [1.29, 1.82) is 0 Å². The molecule has 27 heavy (non-hydrogen) atoms. The Balaban J connectivity index is 1.90. The molecule has 0 bridgehead atoms. The first-order valence-corrected chi connectivity index (χ1v) is 8.58. The molecule has 0 aliphatic carbocycles. The van der Waals surface area contributed by atoms with Crippen LogP contribution in [0.25, 0.3) is 17.4 Å². The first-order chi connectivity index (χ1) is 13.0. The van der Waals surface area contributed by atoms with E-state index in [0.717, 1.165) is 11.8 Å². The molecule has 0 saturated heterocycles. The van der Waals surface area contributed by atoms with Crippen LogP contribution in [-0.4, -0.2) is 26.2 Å². The summed E-state index contributed by atoms with van der Waals surface area (Å²) >= 11 is 0.794. The summed E-state index contributed by atoms with van der Waals surface area (Å²) in [6.07, 6.45) is 1.83. The van der Waals surface area contributed by atoms with Gasteiger partial charge in [-0.2, -0.15) is 0 Å². The van der Waals surface area contributed by atoms with Crippen molar-refractivity contribution in [3.63, 3.8) is 0 Å². The maximum atomic E-state index is 11.5. The van der Waals surface area contributed by atoms with Crippen LogP contribution in [0.1, 0.15) is 18.6 Å². The minimum Gasteiger partial charge on any atom is -0.477 e. The Morgan fingerprint density at radius 3 is 2.70 bits per heavy atom. The van der Waals surface area contributed by atoms with Gasteiger partial charge >= 0.3 is 5.97 Å². The minimum absolute atomic E-state index is 0.0928. The number of nitrogens with zero attached hydrogens (tertiary/aromatic N) is 3. The number of para-hydroxylation sites is 1. The van der Waals surface area contributed by atoms with Crippen LogP contribution < -0.4 is 0 Å². The number of furan rings is 1. The molecule has 0 saturated carbocycles. The molecule has 2 heterocycles. The zero-order valence-corrected chi connectivity index (χ0v) is 14.8. The Morgan fingerprint density at radius 2 is 2.04 bits per heavy atom. The van der Waals surface area contributed by atoms with Gasteiger partial charge in [0, 0.05) is 18.6 Å². The summed E-state index contributed by atoms with van der Waals surface area (Å²) in [5.74, 6) is -0.309. The molecule has 0 spiro atoms. The highest BCUT2D eigenvalue weighted by Gasteiger charge is 2.19. The van der Waals surface area contributed by atoms with Crippen molar-refractivity contribution in [3.8, 4) is 11.3 Å². The topological polar surface area (TPSA) is 132 Å². The van der Waals surface area contributed by atoms with Gasteiger partial charge in [-0.05, 0) is 30.0 Å². The van der Waals surface area contributed by atoms with E-state index in [4.69, 9.17) is 8.83 Å². The molecule has 3 aromatic rings. The standard InChI is InChI=1S/C17H13N3O6S/c1-2-15-18-19-17(26-15)27-14(16(21)22)9-10-7-8-13(25-10)11-5-3-4-6-12(11)20(23)24/h3-9H,2H2,1H3,(H,21,22)/b14-9-. The number of hydrogen-bond donors (Lipinski definition) is 1. The van der Waals surface area contributed by atoms with Crippen molar-refractivity contribution < 1.29 is 23.7 Å². The Labute approximate surface area is 156 Å². The monoisotopic (exact) mass is 387 g/mol. The van der Waals surface area contributed by atoms with Gasteiger partial charge in [-0.15, -0.1) is 10.2 Å². The molecule has 0 fully saturated rings. The zero-order valence-electron chi connectivity index (χ0n) is 14.0. The second-order valence-electron chi connectivity index (χ2n) is 5.21. The SMILES string of the molecule is CCc1nnc(S/C(=C\c2ccc(-c3ccccc3[N+](=O)[O-])o2)C(=O)O)o1. The smallest absolute Gasteiger partial charge is 0.342 e. The summed E-state index contributed by atoms with van der Waals surface area (Å²) in [6.45, 7) is 1.84. The molecule has 1 N–H and O–H groups in total. The van der Waals surface area contributed by atoms with Crippen LogP contribution in [-0.2, 0) is 11.2 Å². The van der Waals surface area contributed by atoms with E-state index < -0.39 is 10.9 Å². The van der Waals surface area contributed by atoms with Crippen molar-refractivity contribution >= 4 is 29.5 Å². The molecule has 10 heteroatoms. The molecule has 3 rings (SSSR count). The summed E-state index contributed by atoms with van der Waals surface area (Å²) in [4.78, 5) is 22.0. The third-order valence-electron chi connectivity index (χ3n) is 3.43. The van der Waals surface area contributed by atoms with Gasteiger partial charge in [-0.25, -0.2) is 4.79 Å². The molecule has 0 amide bonds. The number of carboxylic acids is 1. The first-order valence-electron chi connectivity index (χ1n) is 7.76. The molecule has 1 aromatic carbocycles. The van der Waals surface area contributed by atoms with Gasteiger partial charge in [-0.1, -0.05) is 19.1 Å². The number of thioether (sulfide) groups is 1. The predicted molar refractivity (Wildman–Crippen MR) is 95.9 cm³/mol. The molecule has 0 atom stereocenters. The maximum Gasteiger partial charge on any atom is 0.342 e. The highest BCUT2D eigenvalue weighted by molar-refractivity contribution is 8.03. The number of nitro groups is 1. The molecule has 0 unspecified atom stereocenters. The van der Waals surface area contributed by atoms with E-state index in [9.17, 15) is 20.0 Å². The van der Waals surface area contributed by atoms with Gasteiger partial charge in [0.1, 0.15) is 16.4 Å². The molecule has 138 valence electrons. The minimum atomic E-state index is -1.19. The fourth-order valence-electron chi connectivity index (χ4n) is 2.20. The van der Waals surface area contributed by atoms with E-state index in [1.165, 1.54) is 18.2 Å². The fourth-order valence-corrected chi connectivity index (χ4v) is 2.87. The molecule has 9 nitrogen and oxygen atoms in total. The van der Waals surface area contributed by atoms with Gasteiger partial charge in [0.2, 0.25) is 5.89 Å². The van der Waals surface area contributed by atoms with Gasteiger partial charge in [-0.3, -0.25) is 10.1 Å².